The number of halogens is 2. The van der Waals surface area contributed by atoms with Gasteiger partial charge >= 0.3 is 0 Å². The molecule has 2 aromatic rings. The number of hydrogen-bond acceptors (Lipinski definition) is 3. The van der Waals surface area contributed by atoms with Crippen molar-refractivity contribution in [2.45, 2.75) is 0 Å². The van der Waals surface area contributed by atoms with Gasteiger partial charge < -0.3 is 10.4 Å². The highest BCUT2D eigenvalue weighted by Gasteiger charge is 2.09. The van der Waals surface area contributed by atoms with E-state index in [0.717, 1.165) is 12.1 Å². The normalized spacial score (nSPS) is 9.67. The van der Waals surface area contributed by atoms with Crippen molar-refractivity contribution in [2.75, 3.05) is 11.9 Å². The minimum atomic E-state index is -1.05. The molecule has 21 heavy (non-hydrogen) atoms. The van der Waals surface area contributed by atoms with Crippen LogP contribution in [0.25, 0.3) is 0 Å². The molecule has 106 valence electrons. The van der Waals surface area contributed by atoms with E-state index in [1.165, 1.54) is 18.3 Å². The number of aliphatic hydroxyl groups excluding tert-OH is 1. The summed E-state index contributed by atoms with van der Waals surface area (Å²) in [7, 11) is 0. The van der Waals surface area contributed by atoms with Crippen LogP contribution in [0.1, 0.15) is 16.1 Å². The van der Waals surface area contributed by atoms with Crippen LogP contribution in [-0.2, 0) is 0 Å². The Labute approximate surface area is 119 Å². The molecule has 0 fully saturated rings. The van der Waals surface area contributed by atoms with Crippen LogP contribution in [0, 0.1) is 23.5 Å². The van der Waals surface area contributed by atoms with E-state index < -0.39 is 17.5 Å². The number of amides is 1. The maximum absolute atomic E-state index is 13.0. The molecule has 0 atom stereocenters. The molecule has 1 aromatic carbocycles. The van der Waals surface area contributed by atoms with Gasteiger partial charge in [-0.05, 0) is 24.3 Å². The van der Waals surface area contributed by atoms with Crippen molar-refractivity contribution in [1.82, 2.24) is 4.98 Å². The number of aliphatic hydroxyl groups is 1. The molecular weight excluding hydrogens is 278 g/mol. The molecule has 6 heteroatoms. The summed E-state index contributed by atoms with van der Waals surface area (Å²) in [6, 6.07) is 6.06. The molecule has 0 bridgehead atoms. The van der Waals surface area contributed by atoms with Crippen molar-refractivity contribution >= 4 is 11.6 Å². The molecular formula is C15H10F2N2O2. The fourth-order valence-electron chi connectivity index (χ4n) is 1.51. The number of nitrogens with one attached hydrogen (secondary N) is 1. The van der Waals surface area contributed by atoms with Crippen LogP contribution in [0.4, 0.5) is 14.5 Å². The SMILES string of the molecule is O=C(Nc1ccc(F)c(F)c1)c1ccc(C#CCO)cn1. The molecule has 2 rings (SSSR count). The third-order valence-corrected chi connectivity index (χ3v) is 2.49. The van der Waals surface area contributed by atoms with Gasteiger partial charge in [-0.25, -0.2) is 13.8 Å². The van der Waals surface area contributed by atoms with Crippen molar-refractivity contribution in [1.29, 1.82) is 0 Å². The second-order valence-electron chi connectivity index (χ2n) is 3.98. The second-order valence-corrected chi connectivity index (χ2v) is 3.98. The summed E-state index contributed by atoms with van der Waals surface area (Å²) in [5, 5.41) is 11.0. The molecule has 2 N–H and O–H groups in total. The Bertz CT molecular complexity index is 719. The lowest BCUT2D eigenvalue weighted by Gasteiger charge is -2.05. The predicted octanol–water partition coefficient (Wildman–Crippen LogP) is 1.96. The second kappa shape index (κ2) is 6.59. The average molecular weight is 288 g/mol. The number of aromatic nitrogens is 1. The van der Waals surface area contributed by atoms with Gasteiger partial charge in [0.05, 0.1) is 0 Å². The predicted molar refractivity (Wildman–Crippen MR) is 72.5 cm³/mol. The van der Waals surface area contributed by atoms with Crippen LogP contribution >= 0.6 is 0 Å². The molecule has 0 saturated carbocycles. The van der Waals surface area contributed by atoms with Gasteiger partial charge in [-0.15, -0.1) is 0 Å². The molecule has 0 aliphatic carbocycles. The highest BCUT2D eigenvalue weighted by atomic mass is 19.2. The van der Waals surface area contributed by atoms with E-state index in [1.54, 1.807) is 6.07 Å². The van der Waals surface area contributed by atoms with Crippen LogP contribution in [0.15, 0.2) is 36.5 Å². The monoisotopic (exact) mass is 288 g/mol. The summed E-state index contributed by atoms with van der Waals surface area (Å²) in [6.45, 7) is -0.266. The van der Waals surface area contributed by atoms with Crippen LogP contribution in [0.5, 0.6) is 0 Å². The zero-order valence-corrected chi connectivity index (χ0v) is 10.7. The Morgan fingerprint density at radius 3 is 2.67 bits per heavy atom. The van der Waals surface area contributed by atoms with E-state index in [-0.39, 0.29) is 18.0 Å². The number of nitrogens with zero attached hydrogens (tertiary/aromatic N) is 1. The molecule has 0 aliphatic heterocycles. The Morgan fingerprint density at radius 1 is 1.24 bits per heavy atom. The standard InChI is InChI=1S/C15H10F2N2O2/c16-12-5-4-11(8-13(12)17)19-15(21)14-6-3-10(9-18-14)2-1-7-20/h3-6,8-9,20H,7H2,(H,19,21). The summed E-state index contributed by atoms with van der Waals surface area (Å²) >= 11 is 0. The third-order valence-electron chi connectivity index (χ3n) is 2.49. The Balaban J connectivity index is 2.11. The topological polar surface area (TPSA) is 62.2 Å². The first-order chi connectivity index (χ1) is 10.1. The minimum Gasteiger partial charge on any atom is -0.384 e. The van der Waals surface area contributed by atoms with E-state index in [9.17, 15) is 13.6 Å². The van der Waals surface area contributed by atoms with Gasteiger partial charge in [0.25, 0.3) is 5.91 Å². The fraction of sp³-hybridized carbons (Fsp3) is 0.0667. The first-order valence-corrected chi connectivity index (χ1v) is 5.92. The molecule has 1 aromatic heterocycles. The average Bonchev–Trinajstić information content (AvgIpc) is 2.49. The van der Waals surface area contributed by atoms with Gasteiger partial charge in [0.2, 0.25) is 0 Å². The van der Waals surface area contributed by atoms with Crippen molar-refractivity contribution in [2.24, 2.45) is 0 Å². The molecule has 0 spiro atoms. The molecule has 4 nitrogen and oxygen atoms in total. The number of anilines is 1. The van der Waals surface area contributed by atoms with Gasteiger partial charge in [0, 0.05) is 23.5 Å². The van der Waals surface area contributed by atoms with Gasteiger partial charge in [-0.3, -0.25) is 4.79 Å². The Morgan fingerprint density at radius 2 is 2.05 bits per heavy atom. The molecule has 0 radical (unpaired) electrons. The fourth-order valence-corrected chi connectivity index (χ4v) is 1.51. The lowest BCUT2D eigenvalue weighted by molar-refractivity contribution is 0.102. The Kier molecular flexibility index (Phi) is 4.59. The van der Waals surface area contributed by atoms with Crippen LogP contribution in [0.2, 0.25) is 0 Å². The van der Waals surface area contributed by atoms with Gasteiger partial charge in [0.15, 0.2) is 11.6 Å². The van der Waals surface area contributed by atoms with Gasteiger partial charge in [-0.1, -0.05) is 11.8 Å². The number of pyridine rings is 1. The first-order valence-electron chi connectivity index (χ1n) is 5.92. The van der Waals surface area contributed by atoms with Crippen molar-refractivity contribution in [3.05, 3.63) is 59.4 Å². The van der Waals surface area contributed by atoms with Crippen LogP contribution in [-0.4, -0.2) is 22.6 Å². The van der Waals surface area contributed by atoms with Crippen LogP contribution < -0.4 is 5.32 Å². The summed E-state index contributed by atoms with van der Waals surface area (Å²) < 4.78 is 25.8. The van der Waals surface area contributed by atoms with E-state index in [1.807, 2.05) is 0 Å². The zero-order valence-electron chi connectivity index (χ0n) is 10.7. The lowest BCUT2D eigenvalue weighted by Crippen LogP contribution is -2.13. The third kappa shape index (κ3) is 3.84. The Hall–Kier alpha value is -2.78. The van der Waals surface area contributed by atoms with Crippen molar-refractivity contribution in [3.8, 4) is 11.8 Å². The molecule has 0 aliphatic rings. The molecule has 1 heterocycles. The minimum absolute atomic E-state index is 0.106. The van der Waals surface area contributed by atoms with Gasteiger partial charge in [0.1, 0.15) is 12.3 Å². The quantitative estimate of drug-likeness (QED) is 0.830. The van der Waals surface area contributed by atoms with E-state index >= 15 is 0 Å². The van der Waals surface area contributed by atoms with Gasteiger partial charge in [-0.2, -0.15) is 0 Å². The number of hydrogen-bond donors (Lipinski definition) is 2. The van der Waals surface area contributed by atoms with E-state index in [4.69, 9.17) is 5.11 Å². The summed E-state index contributed by atoms with van der Waals surface area (Å²) in [5.74, 6) is 2.50. The van der Waals surface area contributed by atoms with E-state index in [0.29, 0.717) is 5.56 Å². The van der Waals surface area contributed by atoms with Crippen LogP contribution in [0.3, 0.4) is 0 Å². The first kappa shape index (κ1) is 14.6. The summed E-state index contributed by atoms with van der Waals surface area (Å²) in [6.07, 6.45) is 1.38. The highest BCUT2D eigenvalue weighted by molar-refractivity contribution is 6.02. The molecule has 1 amide bonds. The number of carbonyl (C=O) groups is 1. The number of carbonyl (C=O) groups excluding carboxylic acids is 1. The summed E-state index contributed by atoms with van der Waals surface area (Å²) in [4.78, 5) is 15.8. The van der Waals surface area contributed by atoms with E-state index in [2.05, 4.69) is 22.1 Å². The summed E-state index contributed by atoms with van der Waals surface area (Å²) in [5.41, 5.74) is 0.785. The zero-order chi connectivity index (χ0) is 15.2. The van der Waals surface area contributed by atoms with Crippen molar-refractivity contribution in [3.63, 3.8) is 0 Å². The maximum Gasteiger partial charge on any atom is 0.274 e. The van der Waals surface area contributed by atoms with Crippen molar-refractivity contribution < 1.29 is 18.7 Å². The number of benzene rings is 1. The molecule has 0 unspecified atom stereocenters. The maximum atomic E-state index is 13.0. The largest absolute Gasteiger partial charge is 0.384 e. The smallest absolute Gasteiger partial charge is 0.274 e. The number of rotatable bonds is 2. The molecule has 0 saturated heterocycles. The lowest BCUT2D eigenvalue weighted by atomic mass is 10.2. The highest BCUT2D eigenvalue weighted by Crippen LogP contribution is 2.14.